The maximum absolute atomic E-state index is 6.35. The molecule has 0 aliphatic heterocycles. The van der Waals surface area contributed by atoms with Crippen LogP contribution in [0.4, 0.5) is 0 Å². The normalized spacial score (nSPS) is 11.4. The first kappa shape index (κ1) is 26.8. The van der Waals surface area contributed by atoms with Gasteiger partial charge in [0.25, 0.3) is 0 Å². The predicted octanol–water partition coefficient (Wildman–Crippen LogP) is 10.0. The van der Waals surface area contributed by atoms with E-state index in [1.807, 2.05) is 116 Å². The van der Waals surface area contributed by atoms with E-state index in [1.54, 1.807) is 0 Å². The summed E-state index contributed by atoms with van der Waals surface area (Å²) in [6, 6.07) is 46.6. The molecular formula is C41H25N5O. The average Bonchev–Trinajstić information content (AvgIpc) is 3.54. The highest BCUT2D eigenvalue weighted by Gasteiger charge is 2.20. The van der Waals surface area contributed by atoms with E-state index in [-0.39, 0.29) is 0 Å². The predicted molar refractivity (Wildman–Crippen MR) is 187 cm³/mol. The van der Waals surface area contributed by atoms with Gasteiger partial charge < -0.3 is 4.42 Å². The standard InChI is InChI=1S/C41H25N5O/c1-3-13-26(14-4-1)39-44-40(27-15-5-2-6-16-27)46-41(45-39)33-21-10-8-18-29(33)34-25-43-36(31-20-9-7-17-28(31)34)37-38-32(23-24-42-37)30-19-11-12-22-35(30)47-38/h1-25H. The van der Waals surface area contributed by atoms with Crippen molar-refractivity contribution < 1.29 is 4.42 Å². The Hall–Kier alpha value is -6.53. The number of pyridine rings is 2. The van der Waals surface area contributed by atoms with Crippen LogP contribution in [0, 0.1) is 0 Å². The lowest BCUT2D eigenvalue weighted by atomic mass is 9.94. The third-order valence-electron chi connectivity index (χ3n) is 8.47. The summed E-state index contributed by atoms with van der Waals surface area (Å²) >= 11 is 0. The molecule has 0 radical (unpaired) electrons. The lowest BCUT2D eigenvalue weighted by Gasteiger charge is -2.15. The van der Waals surface area contributed by atoms with Crippen molar-refractivity contribution >= 4 is 32.7 Å². The largest absolute Gasteiger partial charge is 0.454 e. The summed E-state index contributed by atoms with van der Waals surface area (Å²) in [5, 5.41) is 4.10. The molecule has 6 heteroatoms. The highest BCUT2D eigenvalue weighted by atomic mass is 16.3. The lowest BCUT2D eigenvalue weighted by Crippen LogP contribution is -2.01. The van der Waals surface area contributed by atoms with Crippen molar-refractivity contribution in [2.75, 3.05) is 0 Å². The highest BCUT2D eigenvalue weighted by Crippen LogP contribution is 2.40. The summed E-state index contributed by atoms with van der Waals surface area (Å²) in [6.45, 7) is 0. The molecule has 0 amide bonds. The zero-order chi connectivity index (χ0) is 31.2. The number of hydrogen-bond acceptors (Lipinski definition) is 6. The second-order valence-electron chi connectivity index (χ2n) is 11.3. The molecule has 47 heavy (non-hydrogen) atoms. The van der Waals surface area contributed by atoms with Gasteiger partial charge in [-0.1, -0.05) is 127 Å². The van der Waals surface area contributed by atoms with Crippen molar-refractivity contribution in [3.05, 3.63) is 152 Å². The van der Waals surface area contributed by atoms with Crippen molar-refractivity contribution in [3.63, 3.8) is 0 Å². The molecule has 6 nitrogen and oxygen atoms in total. The molecule has 0 N–H and O–H groups in total. The summed E-state index contributed by atoms with van der Waals surface area (Å²) in [5.41, 5.74) is 7.73. The molecule has 4 aromatic heterocycles. The molecule has 0 atom stereocenters. The van der Waals surface area contributed by atoms with Gasteiger partial charge in [-0.15, -0.1) is 0 Å². The van der Waals surface area contributed by atoms with E-state index in [0.29, 0.717) is 23.2 Å². The Morgan fingerprint density at radius 3 is 1.68 bits per heavy atom. The second-order valence-corrected chi connectivity index (χ2v) is 11.3. The number of nitrogens with zero attached hydrogens (tertiary/aromatic N) is 5. The Morgan fingerprint density at radius 2 is 0.957 bits per heavy atom. The zero-order valence-electron chi connectivity index (χ0n) is 25.1. The zero-order valence-corrected chi connectivity index (χ0v) is 25.1. The molecule has 0 saturated carbocycles. The molecule has 4 heterocycles. The first-order valence-corrected chi connectivity index (χ1v) is 15.4. The minimum Gasteiger partial charge on any atom is -0.454 e. The molecule has 0 bridgehead atoms. The van der Waals surface area contributed by atoms with Crippen LogP contribution in [0.15, 0.2) is 156 Å². The number of aromatic nitrogens is 5. The smallest absolute Gasteiger partial charge is 0.164 e. The molecule has 0 saturated heterocycles. The van der Waals surface area contributed by atoms with E-state index in [4.69, 9.17) is 29.3 Å². The minimum atomic E-state index is 0.593. The quantitative estimate of drug-likeness (QED) is 0.195. The minimum absolute atomic E-state index is 0.593. The third kappa shape index (κ3) is 4.62. The second kappa shape index (κ2) is 11.1. The van der Waals surface area contributed by atoms with E-state index in [2.05, 4.69) is 36.4 Å². The average molecular weight is 604 g/mol. The van der Waals surface area contributed by atoms with E-state index in [1.165, 1.54) is 0 Å². The van der Waals surface area contributed by atoms with Crippen LogP contribution < -0.4 is 0 Å². The molecular weight excluding hydrogens is 578 g/mol. The fourth-order valence-corrected chi connectivity index (χ4v) is 6.26. The van der Waals surface area contributed by atoms with Crippen molar-refractivity contribution in [1.82, 2.24) is 24.9 Å². The van der Waals surface area contributed by atoms with Gasteiger partial charge in [-0.2, -0.15) is 0 Å². The van der Waals surface area contributed by atoms with Gasteiger partial charge in [-0.3, -0.25) is 9.97 Å². The van der Waals surface area contributed by atoms with E-state index < -0.39 is 0 Å². The van der Waals surface area contributed by atoms with E-state index >= 15 is 0 Å². The van der Waals surface area contributed by atoms with Gasteiger partial charge in [0.15, 0.2) is 23.1 Å². The Balaban J connectivity index is 1.25. The number of benzene rings is 5. The van der Waals surface area contributed by atoms with Gasteiger partial charge in [-0.05, 0) is 23.1 Å². The molecule has 0 spiro atoms. The Morgan fingerprint density at radius 1 is 0.383 bits per heavy atom. The van der Waals surface area contributed by atoms with Gasteiger partial charge in [0.05, 0.1) is 0 Å². The summed E-state index contributed by atoms with van der Waals surface area (Å²) in [5.74, 6) is 1.83. The fourth-order valence-electron chi connectivity index (χ4n) is 6.26. The molecule has 0 fully saturated rings. The molecule has 0 unspecified atom stereocenters. The number of furan rings is 1. The molecule has 9 rings (SSSR count). The first-order valence-electron chi connectivity index (χ1n) is 15.4. The van der Waals surface area contributed by atoms with Crippen molar-refractivity contribution in [1.29, 1.82) is 0 Å². The topological polar surface area (TPSA) is 77.6 Å². The molecule has 5 aromatic carbocycles. The Labute approximate surface area is 270 Å². The van der Waals surface area contributed by atoms with Crippen molar-refractivity contribution in [3.8, 4) is 56.7 Å². The van der Waals surface area contributed by atoms with Crippen LogP contribution in [0.1, 0.15) is 0 Å². The van der Waals surface area contributed by atoms with Crippen LogP contribution in [-0.2, 0) is 0 Å². The van der Waals surface area contributed by atoms with Gasteiger partial charge in [0, 0.05) is 50.8 Å². The maximum Gasteiger partial charge on any atom is 0.164 e. The first-order chi connectivity index (χ1) is 23.3. The van der Waals surface area contributed by atoms with Crippen molar-refractivity contribution in [2.24, 2.45) is 0 Å². The lowest BCUT2D eigenvalue weighted by molar-refractivity contribution is 0.668. The van der Waals surface area contributed by atoms with Gasteiger partial charge >= 0.3 is 0 Å². The maximum atomic E-state index is 6.35. The van der Waals surface area contributed by atoms with E-state index in [0.717, 1.165) is 66.2 Å². The Bertz CT molecular complexity index is 2520. The molecule has 9 aromatic rings. The van der Waals surface area contributed by atoms with Crippen LogP contribution in [0.25, 0.3) is 89.4 Å². The SMILES string of the molecule is c1ccc(-c2nc(-c3ccccc3)nc(-c3ccccc3-c3cnc(-c4nccc5c4oc4ccccc45)c4ccccc34)n2)cc1. The summed E-state index contributed by atoms with van der Waals surface area (Å²) in [4.78, 5) is 24.8. The van der Waals surface area contributed by atoms with Gasteiger partial charge in [0.1, 0.15) is 17.0 Å². The van der Waals surface area contributed by atoms with Crippen LogP contribution >= 0.6 is 0 Å². The van der Waals surface area contributed by atoms with Gasteiger partial charge in [0.2, 0.25) is 0 Å². The highest BCUT2D eigenvalue weighted by molar-refractivity contribution is 6.12. The van der Waals surface area contributed by atoms with Crippen LogP contribution in [0.5, 0.6) is 0 Å². The monoisotopic (exact) mass is 603 g/mol. The number of rotatable bonds is 5. The summed E-state index contributed by atoms with van der Waals surface area (Å²) in [6.07, 6.45) is 3.76. The molecule has 220 valence electrons. The van der Waals surface area contributed by atoms with Crippen LogP contribution in [0.3, 0.4) is 0 Å². The number of para-hydroxylation sites is 1. The van der Waals surface area contributed by atoms with Gasteiger partial charge in [-0.25, -0.2) is 15.0 Å². The van der Waals surface area contributed by atoms with Crippen molar-refractivity contribution in [2.45, 2.75) is 0 Å². The third-order valence-corrected chi connectivity index (χ3v) is 8.47. The molecule has 0 aliphatic rings. The summed E-state index contributed by atoms with van der Waals surface area (Å²) in [7, 11) is 0. The number of fused-ring (bicyclic) bond motifs is 4. The van der Waals surface area contributed by atoms with Crippen LogP contribution in [-0.4, -0.2) is 24.9 Å². The Kier molecular flexibility index (Phi) is 6.35. The van der Waals surface area contributed by atoms with Crippen LogP contribution in [0.2, 0.25) is 0 Å². The summed E-state index contributed by atoms with van der Waals surface area (Å²) < 4.78 is 6.35. The fraction of sp³-hybridized carbons (Fsp3) is 0. The van der Waals surface area contributed by atoms with E-state index in [9.17, 15) is 0 Å². The molecule has 0 aliphatic carbocycles. The number of hydrogen-bond donors (Lipinski definition) is 0.